The molecule has 4 heterocycles. The number of rotatable bonds is 4. The number of ether oxygens (including phenoxy) is 1. The molecular weight excluding hydrogens is 400 g/mol. The highest BCUT2D eigenvalue weighted by molar-refractivity contribution is 5.86. The third kappa shape index (κ3) is 3.01. The van der Waals surface area contributed by atoms with Gasteiger partial charge in [0.15, 0.2) is 6.23 Å². The summed E-state index contributed by atoms with van der Waals surface area (Å²) in [7, 11) is 0. The Morgan fingerprint density at radius 2 is 2.07 bits per heavy atom. The number of fused-ring (bicyclic) bond motifs is 1. The quantitative estimate of drug-likeness (QED) is 0.494. The monoisotopic (exact) mass is 421 g/mol. The Hall–Kier alpha value is -2.73. The fourth-order valence-corrected chi connectivity index (χ4v) is 3.92. The summed E-state index contributed by atoms with van der Waals surface area (Å²) in [6.07, 6.45) is -1.75. The average Bonchev–Trinajstić information content (AvgIpc) is 3.22. The standard InChI is InChI=1S/C19H21F2N5O4/c1-18(28,10-5-9(13(20)21)6-23-7-10)17-19(2,29)12(27)16(30-17)26-4-3-11-14(22)24-8-25-15(11)26/h3-8,12-13,16-17,27-29H,1-2H3,(H2,22,24,25)/t12-,16+,17+,18+,19-/m0/s1. The van der Waals surface area contributed by atoms with Crippen LogP contribution in [0.2, 0.25) is 0 Å². The number of aliphatic hydroxyl groups excluding tert-OH is 1. The number of nitrogen functional groups attached to an aromatic ring is 1. The Bertz CT molecular complexity index is 1090. The predicted molar refractivity (Wildman–Crippen MR) is 101 cm³/mol. The smallest absolute Gasteiger partial charge is 0.265 e. The third-order valence-corrected chi connectivity index (χ3v) is 5.60. The van der Waals surface area contributed by atoms with Crippen molar-refractivity contribution in [3.05, 3.63) is 48.2 Å². The van der Waals surface area contributed by atoms with E-state index in [-0.39, 0.29) is 16.9 Å². The molecule has 1 saturated heterocycles. The summed E-state index contributed by atoms with van der Waals surface area (Å²) in [6.45, 7) is 2.61. The SMILES string of the molecule is C[C@]1(O)[C@@H](O)[C@H](n2ccc3c(N)ncnc32)O[C@@H]1[C@](C)(O)c1cncc(C(F)F)c1. The van der Waals surface area contributed by atoms with Gasteiger partial charge in [-0.1, -0.05) is 0 Å². The Kier molecular flexibility index (Phi) is 4.73. The van der Waals surface area contributed by atoms with Crippen molar-refractivity contribution in [2.24, 2.45) is 0 Å². The first-order chi connectivity index (χ1) is 14.0. The number of nitrogens with two attached hydrogens (primary N) is 1. The van der Waals surface area contributed by atoms with Crippen LogP contribution in [-0.4, -0.2) is 52.6 Å². The number of nitrogens with zero attached hydrogens (tertiary/aromatic N) is 4. The van der Waals surface area contributed by atoms with Crippen molar-refractivity contribution < 1.29 is 28.8 Å². The largest absolute Gasteiger partial charge is 0.385 e. The molecule has 1 aliphatic heterocycles. The van der Waals surface area contributed by atoms with Crippen LogP contribution in [-0.2, 0) is 10.3 Å². The fourth-order valence-electron chi connectivity index (χ4n) is 3.92. The first kappa shape index (κ1) is 20.5. The lowest BCUT2D eigenvalue weighted by Gasteiger charge is -2.37. The average molecular weight is 421 g/mol. The number of alkyl halides is 2. The van der Waals surface area contributed by atoms with E-state index in [4.69, 9.17) is 10.5 Å². The van der Waals surface area contributed by atoms with Gasteiger partial charge in [0.05, 0.1) is 5.39 Å². The molecule has 0 unspecified atom stereocenters. The molecule has 30 heavy (non-hydrogen) atoms. The van der Waals surface area contributed by atoms with E-state index in [1.807, 2.05) is 0 Å². The minimum atomic E-state index is -2.78. The lowest BCUT2D eigenvalue weighted by Crippen LogP contribution is -2.53. The summed E-state index contributed by atoms with van der Waals surface area (Å²) in [4.78, 5) is 11.8. The number of pyridine rings is 1. The molecule has 0 saturated carbocycles. The first-order valence-electron chi connectivity index (χ1n) is 9.14. The maximum absolute atomic E-state index is 13.1. The minimum absolute atomic E-state index is 0.0161. The van der Waals surface area contributed by atoms with Gasteiger partial charge in [-0.05, 0) is 26.0 Å². The van der Waals surface area contributed by atoms with Crippen molar-refractivity contribution in [1.82, 2.24) is 19.5 Å². The molecule has 1 aliphatic rings. The van der Waals surface area contributed by atoms with Crippen LogP contribution in [0.4, 0.5) is 14.6 Å². The van der Waals surface area contributed by atoms with Crippen molar-refractivity contribution in [2.45, 2.75) is 49.9 Å². The van der Waals surface area contributed by atoms with Crippen molar-refractivity contribution in [3.8, 4) is 0 Å². The fraction of sp³-hybridized carbons (Fsp3) is 0.421. The van der Waals surface area contributed by atoms with Gasteiger partial charge in [-0.15, -0.1) is 0 Å². The lowest BCUT2D eigenvalue weighted by molar-refractivity contribution is -0.161. The number of hydrogen-bond donors (Lipinski definition) is 4. The van der Waals surface area contributed by atoms with Gasteiger partial charge in [0.25, 0.3) is 6.43 Å². The molecule has 160 valence electrons. The summed E-state index contributed by atoms with van der Waals surface area (Å²) in [6, 6.07) is 2.73. The van der Waals surface area contributed by atoms with Crippen molar-refractivity contribution in [1.29, 1.82) is 0 Å². The molecule has 5 N–H and O–H groups in total. The van der Waals surface area contributed by atoms with E-state index < -0.39 is 36.1 Å². The van der Waals surface area contributed by atoms with Gasteiger partial charge in [0.1, 0.15) is 41.2 Å². The molecule has 0 aliphatic carbocycles. The second-order valence-electron chi connectivity index (χ2n) is 7.75. The maximum Gasteiger partial charge on any atom is 0.265 e. The molecule has 0 radical (unpaired) electrons. The molecule has 0 aromatic carbocycles. The Morgan fingerprint density at radius 3 is 2.77 bits per heavy atom. The topological polar surface area (TPSA) is 140 Å². The van der Waals surface area contributed by atoms with Crippen LogP contribution >= 0.6 is 0 Å². The minimum Gasteiger partial charge on any atom is -0.385 e. The van der Waals surface area contributed by atoms with E-state index in [0.717, 1.165) is 12.3 Å². The zero-order valence-electron chi connectivity index (χ0n) is 16.1. The normalized spacial score (nSPS) is 28.9. The second kappa shape index (κ2) is 6.91. The molecule has 4 rings (SSSR count). The summed E-state index contributed by atoms with van der Waals surface area (Å²) in [5.74, 6) is 0.233. The highest BCUT2D eigenvalue weighted by Crippen LogP contribution is 2.46. The molecule has 5 atom stereocenters. The van der Waals surface area contributed by atoms with Crippen LogP contribution in [0, 0.1) is 0 Å². The molecule has 0 spiro atoms. The molecule has 9 nitrogen and oxygen atoms in total. The molecule has 3 aromatic heterocycles. The summed E-state index contributed by atoms with van der Waals surface area (Å²) in [5.41, 5.74) is 1.95. The van der Waals surface area contributed by atoms with Gasteiger partial charge >= 0.3 is 0 Å². The van der Waals surface area contributed by atoms with Crippen LogP contribution in [0.15, 0.2) is 37.1 Å². The molecular formula is C19H21F2N5O4. The van der Waals surface area contributed by atoms with Gasteiger partial charge in [-0.25, -0.2) is 18.7 Å². The van der Waals surface area contributed by atoms with Gasteiger partial charge in [0, 0.05) is 29.7 Å². The third-order valence-electron chi connectivity index (χ3n) is 5.60. The van der Waals surface area contributed by atoms with Crippen LogP contribution in [0.5, 0.6) is 0 Å². The van der Waals surface area contributed by atoms with E-state index in [1.165, 1.54) is 30.9 Å². The van der Waals surface area contributed by atoms with Gasteiger partial charge in [-0.2, -0.15) is 0 Å². The zero-order chi connectivity index (χ0) is 21.8. The number of anilines is 1. The van der Waals surface area contributed by atoms with Crippen molar-refractivity contribution in [3.63, 3.8) is 0 Å². The highest BCUT2D eigenvalue weighted by atomic mass is 19.3. The van der Waals surface area contributed by atoms with Crippen LogP contribution in [0.1, 0.15) is 37.6 Å². The van der Waals surface area contributed by atoms with Gasteiger partial charge < -0.3 is 30.4 Å². The Balaban J connectivity index is 1.74. The highest BCUT2D eigenvalue weighted by Gasteiger charge is 2.59. The van der Waals surface area contributed by atoms with E-state index >= 15 is 0 Å². The van der Waals surface area contributed by atoms with Gasteiger partial charge in [-0.3, -0.25) is 4.98 Å². The van der Waals surface area contributed by atoms with E-state index in [0.29, 0.717) is 11.0 Å². The van der Waals surface area contributed by atoms with E-state index in [1.54, 1.807) is 12.3 Å². The number of aromatic nitrogens is 4. The zero-order valence-corrected chi connectivity index (χ0v) is 16.1. The molecule has 3 aromatic rings. The first-order valence-corrected chi connectivity index (χ1v) is 9.14. The maximum atomic E-state index is 13.1. The number of aliphatic hydroxyl groups is 3. The Morgan fingerprint density at radius 1 is 1.33 bits per heavy atom. The lowest BCUT2D eigenvalue weighted by atomic mass is 9.80. The predicted octanol–water partition coefficient (Wildman–Crippen LogP) is 1.26. The molecule has 0 bridgehead atoms. The summed E-state index contributed by atoms with van der Waals surface area (Å²) < 4.78 is 33.5. The van der Waals surface area contributed by atoms with E-state index in [2.05, 4.69) is 15.0 Å². The molecule has 1 fully saturated rings. The number of hydrogen-bond acceptors (Lipinski definition) is 8. The second-order valence-corrected chi connectivity index (χ2v) is 7.75. The summed E-state index contributed by atoms with van der Waals surface area (Å²) in [5, 5.41) is 33.6. The van der Waals surface area contributed by atoms with E-state index in [9.17, 15) is 24.1 Å². The van der Waals surface area contributed by atoms with Gasteiger partial charge in [0.2, 0.25) is 0 Å². The molecule has 0 amide bonds. The van der Waals surface area contributed by atoms with Crippen LogP contribution in [0.3, 0.4) is 0 Å². The number of halogens is 2. The Labute approximate surface area is 169 Å². The molecule has 11 heteroatoms. The van der Waals surface area contributed by atoms with Crippen molar-refractivity contribution in [2.75, 3.05) is 5.73 Å². The summed E-state index contributed by atoms with van der Waals surface area (Å²) >= 11 is 0. The van der Waals surface area contributed by atoms with Crippen LogP contribution in [0.25, 0.3) is 11.0 Å². The van der Waals surface area contributed by atoms with Crippen molar-refractivity contribution >= 4 is 16.9 Å². The van der Waals surface area contributed by atoms with Crippen LogP contribution < -0.4 is 5.73 Å².